The van der Waals surface area contributed by atoms with Gasteiger partial charge >= 0.3 is 0 Å². The highest BCUT2D eigenvalue weighted by molar-refractivity contribution is 7.10. The van der Waals surface area contributed by atoms with Crippen LogP contribution in [0.25, 0.3) is 0 Å². The molecule has 1 aromatic rings. The maximum Gasteiger partial charge on any atom is 0.0595 e. The fraction of sp³-hybridized carbons (Fsp3) is 0.692. The van der Waals surface area contributed by atoms with Crippen molar-refractivity contribution in [3.63, 3.8) is 0 Å². The molecule has 2 nitrogen and oxygen atoms in total. The van der Waals surface area contributed by atoms with E-state index in [1.165, 1.54) is 10.4 Å². The van der Waals surface area contributed by atoms with Gasteiger partial charge in [-0.05, 0) is 43.4 Å². The molecule has 2 atom stereocenters. The minimum atomic E-state index is 0.234. The molecular weight excluding hydrogens is 216 g/mol. The molecule has 1 aromatic heterocycles. The molecule has 0 saturated heterocycles. The molecule has 2 unspecified atom stereocenters. The fourth-order valence-corrected chi connectivity index (χ4v) is 3.29. The topological polar surface area (TPSA) is 29.3 Å². The molecule has 0 spiro atoms. The zero-order valence-corrected chi connectivity index (χ0v) is 11.7. The Hall–Kier alpha value is -0.380. The maximum atomic E-state index is 6.29. The summed E-state index contributed by atoms with van der Waals surface area (Å²) in [4.78, 5) is 3.91. The molecule has 0 aliphatic carbocycles. The molecule has 3 heteroatoms. The normalized spacial score (nSPS) is 15.4. The van der Waals surface area contributed by atoms with E-state index in [9.17, 15) is 0 Å². The summed E-state index contributed by atoms with van der Waals surface area (Å²) in [7, 11) is 0. The van der Waals surface area contributed by atoms with Crippen LogP contribution in [0, 0.1) is 6.92 Å². The SMILES string of the molecule is CCC(N)C(c1sccc1C)N(CC)CC. The van der Waals surface area contributed by atoms with E-state index in [-0.39, 0.29) is 6.04 Å². The third-order valence-corrected chi connectivity index (χ3v) is 4.34. The van der Waals surface area contributed by atoms with Gasteiger partial charge < -0.3 is 5.73 Å². The summed E-state index contributed by atoms with van der Waals surface area (Å²) >= 11 is 1.84. The van der Waals surface area contributed by atoms with Crippen molar-refractivity contribution in [1.82, 2.24) is 4.90 Å². The van der Waals surface area contributed by atoms with Crippen molar-refractivity contribution in [2.75, 3.05) is 13.1 Å². The van der Waals surface area contributed by atoms with Gasteiger partial charge in [-0.3, -0.25) is 4.90 Å². The molecule has 1 heterocycles. The summed E-state index contributed by atoms with van der Waals surface area (Å²) in [5.74, 6) is 0. The first-order valence-corrected chi connectivity index (χ1v) is 7.07. The molecule has 2 N–H and O–H groups in total. The molecule has 0 aliphatic heterocycles. The molecule has 0 bridgehead atoms. The highest BCUT2D eigenvalue weighted by Crippen LogP contribution is 2.31. The van der Waals surface area contributed by atoms with E-state index in [2.05, 4.69) is 44.0 Å². The minimum absolute atomic E-state index is 0.234. The summed E-state index contributed by atoms with van der Waals surface area (Å²) in [6, 6.07) is 2.82. The van der Waals surface area contributed by atoms with Gasteiger partial charge in [-0.25, -0.2) is 0 Å². The molecule has 0 saturated carbocycles. The van der Waals surface area contributed by atoms with Crippen molar-refractivity contribution in [2.24, 2.45) is 5.73 Å². The summed E-state index contributed by atoms with van der Waals surface area (Å²) in [5, 5.41) is 2.17. The van der Waals surface area contributed by atoms with Crippen molar-refractivity contribution in [2.45, 2.75) is 46.2 Å². The van der Waals surface area contributed by atoms with Crippen LogP contribution in [0.15, 0.2) is 11.4 Å². The van der Waals surface area contributed by atoms with Crippen LogP contribution in [0.4, 0.5) is 0 Å². The summed E-state index contributed by atoms with van der Waals surface area (Å²) in [5.41, 5.74) is 7.67. The number of thiophene rings is 1. The van der Waals surface area contributed by atoms with Crippen molar-refractivity contribution in [3.8, 4) is 0 Å². The molecule has 0 amide bonds. The van der Waals surface area contributed by atoms with Gasteiger partial charge in [0.25, 0.3) is 0 Å². The molecule has 0 radical (unpaired) electrons. The standard InChI is InChI=1S/C13H24N2S/c1-5-11(14)12(15(6-2)7-3)13-10(4)8-9-16-13/h8-9,11-12H,5-7,14H2,1-4H3. The van der Waals surface area contributed by atoms with Gasteiger partial charge in [-0.2, -0.15) is 0 Å². The minimum Gasteiger partial charge on any atom is -0.326 e. The summed E-state index contributed by atoms with van der Waals surface area (Å²) < 4.78 is 0. The monoisotopic (exact) mass is 240 g/mol. The number of nitrogens with zero attached hydrogens (tertiary/aromatic N) is 1. The van der Waals surface area contributed by atoms with E-state index in [1.807, 2.05) is 11.3 Å². The van der Waals surface area contributed by atoms with E-state index in [1.54, 1.807) is 0 Å². The third-order valence-electron chi connectivity index (χ3n) is 3.25. The van der Waals surface area contributed by atoms with E-state index in [0.717, 1.165) is 19.5 Å². The van der Waals surface area contributed by atoms with Crippen molar-refractivity contribution >= 4 is 11.3 Å². The van der Waals surface area contributed by atoms with Crippen LogP contribution in [0.1, 0.15) is 43.7 Å². The first-order chi connectivity index (χ1) is 7.65. The lowest BCUT2D eigenvalue weighted by molar-refractivity contribution is 0.189. The van der Waals surface area contributed by atoms with Crippen molar-refractivity contribution in [1.29, 1.82) is 0 Å². The molecule has 0 aromatic carbocycles. The summed E-state index contributed by atoms with van der Waals surface area (Å²) in [6.45, 7) is 10.9. The van der Waals surface area contributed by atoms with Crippen LogP contribution >= 0.6 is 11.3 Å². The average Bonchev–Trinajstić information content (AvgIpc) is 2.71. The number of hydrogen-bond donors (Lipinski definition) is 1. The summed E-state index contributed by atoms with van der Waals surface area (Å²) in [6.07, 6.45) is 1.03. The first-order valence-electron chi connectivity index (χ1n) is 6.19. The fourth-order valence-electron chi connectivity index (χ4n) is 2.16. The average molecular weight is 240 g/mol. The smallest absolute Gasteiger partial charge is 0.0595 e. The van der Waals surface area contributed by atoms with Crippen LogP contribution in [0.3, 0.4) is 0 Å². The lowest BCUT2D eigenvalue weighted by atomic mass is 10.0. The van der Waals surface area contributed by atoms with Crippen LogP contribution in [-0.4, -0.2) is 24.0 Å². The Morgan fingerprint density at radius 3 is 2.31 bits per heavy atom. The second-order valence-electron chi connectivity index (χ2n) is 4.21. The molecule has 16 heavy (non-hydrogen) atoms. The van der Waals surface area contributed by atoms with Gasteiger partial charge in [-0.1, -0.05) is 20.8 Å². The maximum absolute atomic E-state index is 6.29. The van der Waals surface area contributed by atoms with E-state index < -0.39 is 0 Å². The van der Waals surface area contributed by atoms with Crippen LogP contribution in [-0.2, 0) is 0 Å². The zero-order chi connectivity index (χ0) is 12.1. The third kappa shape index (κ3) is 2.84. The Morgan fingerprint density at radius 2 is 1.94 bits per heavy atom. The number of hydrogen-bond acceptors (Lipinski definition) is 3. The largest absolute Gasteiger partial charge is 0.326 e. The van der Waals surface area contributed by atoms with Gasteiger partial charge in [0.05, 0.1) is 6.04 Å². The highest BCUT2D eigenvalue weighted by atomic mass is 32.1. The van der Waals surface area contributed by atoms with E-state index in [4.69, 9.17) is 5.73 Å². The second-order valence-corrected chi connectivity index (χ2v) is 5.15. The Kier molecular flexibility index (Phi) is 5.46. The lowest BCUT2D eigenvalue weighted by Gasteiger charge is -2.33. The Bertz CT molecular complexity index is 305. The van der Waals surface area contributed by atoms with Crippen molar-refractivity contribution < 1.29 is 0 Å². The van der Waals surface area contributed by atoms with Gasteiger partial charge in [0.2, 0.25) is 0 Å². The van der Waals surface area contributed by atoms with Gasteiger partial charge in [0.1, 0.15) is 0 Å². The Labute approximate surface area is 103 Å². The molecule has 1 rings (SSSR count). The lowest BCUT2D eigenvalue weighted by Crippen LogP contribution is -2.40. The van der Waals surface area contributed by atoms with E-state index >= 15 is 0 Å². The quantitative estimate of drug-likeness (QED) is 0.827. The molecular formula is C13H24N2S. The number of aryl methyl sites for hydroxylation is 1. The zero-order valence-electron chi connectivity index (χ0n) is 10.9. The Balaban J connectivity index is 3.00. The predicted octanol–water partition coefficient (Wildman–Crippen LogP) is 3.18. The highest BCUT2D eigenvalue weighted by Gasteiger charge is 2.25. The van der Waals surface area contributed by atoms with Crippen LogP contribution in [0.2, 0.25) is 0 Å². The second kappa shape index (κ2) is 6.38. The molecule has 0 aliphatic rings. The van der Waals surface area contributed by atoms with Gasteiger partial charge in [-0.15, -0.1) is 11.3 Å². The number of rotatable bonds is 6. The first kappa shape index (κ1) is 13.7. The van der Waals surface area contributed by atoms with Gasteiger partial charge in [0.15, 0.2) is 0 Å². The predicted molar refractivity (Wildman–Crippen MR) is 73.0 cm³/mol. The Morgan fingerprint density at radius 1 is 1.31 bits per heavy atom. The van der Waals surface area contributed by atoms with Gasteiger partial charge in [0, 0.05) is 10.9 Å². The van der Waals surface area contributed by atoms with Crippen LogP contribution < -0.4 is 5.73 Å². The number of nitrogens with two attached hydrogens (primary N) is 1. The molecule has 92 valence electrons. The number of likely N-dealkylation sites (N-methyl/N-ethyl adjacent to an activating group) is 1. The van der Waals surface area contributed by atoms with Crippen molar-refractivity contribution in [3.05, 3.63) is 21.9 Å². The molecule has 0 fully saturated rings. The van der Waals surface area contributed by atoms with E-state index in [0.29, 0.717) is 6.04 Å². The van der Waals surface area contributed by atoms with Crippen LogP contribution in [0.5, 0.6) is 0 Å².